The van der Waals surface area contributed by atoms with E-state index in [9.17, 15) is 10.1 Å². The number of nitrogens with one attached hydrogen (secondary N) is 1. The van der Waals surface area contributed by atoms with Gasteiger partial charge in [-0.2, -0.15) is 5.26 Å². The predicted octanol–water partition coefficient (Wildman–Crippen LogP) is 6.65. The molecule has 0 aliphatic heterocycles. The van der Waals surface area contributed by atoms with Gasteiger partial charge in [0, 0.05) is 5.69 Å². The summed E-state index contributed by atoms with van der Waals surface area (Å²) in [6.45, 7) is 6.41. The number of ether oxygens (including phenoxy) is 2. The molecule has 0 saturated heterocycles. The Balaban J connectivity index is 1.84. The second-order valence-electron chi connectivity index (χ2n) is 7.95. The van der Waals surface area contributed by atoms with Crippen LogP contribution in [0.1, 0.15) is 34.7 Å². The van der Waals surface area contributed by atoms with E-state index in [2.05, 4.69) is 23.5 Å². The molecule has 0 spiro atoms. The van der Waals surface area contributed by atoms with Gasteiger partial charge in [0.15, 0.2) is 11.5 Å². The number of halogens is 1. The number of rotatable bonds is 8. The van der Waals surface area contributed by atoms with E-state index in [0.717, 1.165) is 28.7 Å². The van der Waals surface area contributed by atoms with Gasteiger partial charge >= 0.3 is 0 Å². The molecule has 3 rings (SSSR count). The fourth-order valence-corrected chi connectivity index (χ4v) is 4.00. The van der Waals surface area contributed by atoms with Crippen molar-refractivity contribution in [3.05, 3.63) is 93.0 Å². The van der Waals surface area contributed by atoms with Crippen molar-refractivity contribution in [3.8, 4) is 17.6 Å². The molecule has 0 aliphatic rings. The van der Waals surface area contributed by atoms with Crippen LogP contribution in [0.3, 0.4) is 0 Å². The first-order valence-corrected chi connectivity index (χ1v) is 11.3. The number of carbonyl (C=O) groups excluding carboxylic acids is 1. The van der Waals surface area contributed by atoms with Crippen LogP contribution in [0.5, 0.6) is 11.5 Å². The molecule has 6 heteroatoms. The Morgan fingerprint density at radius 2 is 1.82 bits per heavy atom. The molecule has 5 nitrogen and oxygen atoms in total. The zero-order valence-electron chi connectivity index (χ0n) is 19.7. The Labute approximate surface area is 205 Å². The highest BCUT2D eigenvalue weighted by molar-refractivity contribution is 6.32. The molecule has 3 aromatic rings. The quantitative estimate of drug-likeness (QED) is 0.293. The summed E-state index contributed by atoms with van der Waals surface area (Å²) < 4.78 is 11.5. The number of amides is 1. The van der Waals surface area contributed by atoms with Crippen LogP contribution in [-0.4, -0.2) is 13.0 Å². The standard InChI is InChI=1S/C28H27ClN2O3/c1-5-22-8-6-7-9-25(22)31-28(32)23(16-30)13-20-14-24(29)27(26(15-20)33-4)34-17-21-11-18(2)10-19(3)12-21/h6-15H,5,17H2,1-4H3,(H,31,32)/b23-13+. The lowest BCUT2D eigenvalue weighted by Crippen LogP contribution is -2.14. The lowest BCUT2D eigenvalue weighted by Gasteiger charge is -2.14. The largest absolute Gasteiger partial charge is 0.493 e. The van der Waals surface area contributed by atoms with E-state index in [1.165, 1.54) is 13.2 Å². The highest BCUT2D eigenvalue weighted by atomic mass is 35.5. The summed E-state index contributed by atoms with van der Waals surface area (Å²) in [5, 5.41) is 12.7. The molecule has 0 atom stereocenters. The topological polar surface area (TPSA) is 71.4 Å². The van der Waals surface area contributed by atoms with Crippen molar-refractivity contribution in [2.24, 2.45) is 0 Å². The van der Waals surface area contributed by atoms with Gasteiger partial charge in [-0.05, 0) is 61.2 Å². The molecule has 1 N–H and O–H groups in total. The van der Waals surface area contributed by atoms with Crippen molar-refractivity contribution in [3.63, 3.8) is 0 Å². The Bertz CT molecular complexity index is 1250. The van der Waals surface area contributed by atoms with E-state index in [-0.39, 0.29) is 5.57 Å². The molecule has 174 valence electrons. The summed E-state index contributed by atoms with van der Waals surface area (Å²) in [7, 11) is 1.52. The Hall–Kier alpha value is -3.75. The van der Waals surface area contributed by atoms with E-state index in [4.69, 9.17) is 21.1 Å². The molecule has 0 radical (unpaired) electrons. The number of methoxy groups -OCH3 is 1. The smallest absolute Gasteiger partial charge is 0.266 e. The van der Waals surface area contributed by atoms with Crippen molar-refractivity contribution < 1.29 is 14.3 Å². The predicted molar refractivity (Wildman–Crippen MR) is 136 cm³/mol. The first-order valence-electron chi connectivity index (χ1n) is 10.9. The highest BCUT2D eigenvalue weighted by Crippen LogP contribution is 2.37. The molecule has 34 heavy (non-hydrogen) atoms. The number of nitriles is 1. The van der Waals surface area contributed by atoms with E-state index in [1.54, 1.807) is 12.1 Å². The number of hydrogen-bond donors (Lipinski definition) is 1. The van der Waals surface area contributed by atoms with Gasteiger partial charge in [0.1, 0.15) is 18.2 Å². The normalized spacial score (nSPS) is 11.0. The molecule has 0 aromatic heterocycles. The van der Waals surface area contributed by atoms with Crippen LogP contribution in [-0.2, 0) is 17.8 Å². The average molecular weight is 475 g/mol. The number of carbonyl (C=O) groups is 1. The number of anilines is 1. The first kappa shape index (κ1) is 24.9. The van der Waals surface area contributed by atoms with Crippen molar-refractivity contribution in [2.45, 2.75) is 33.8 Å². The zero-order valence-corrected chi connectivity index (χ0v) is 20.5. The van der Waals surface area contributed by atoms with Crippen LogP contribution < -0.4 is 14.8 Å². The SMILES string of the molecule is CCc1ccccc1NC(=O)/C(C#N)=C/c1cc(Cl)c(OCc2cc(C)cc(C)c2)c(OC)c1. The Kier molecular flexibility index (Phi) is 8.34. The van der Waals surface area contributed by atoms with Crippen LogP contribution in [0.25, 0.3) is 6.08 Å². The molecular weight excluding hydrogens is 448 g/mol. The summed E-state index contributed by atoms with van der Waals surface area (Å²) >= 11 is 6.50. The van der Waals surface area contributed by atoms with Gasteiger partial charge in [-0.3, -0.25) is 4.79 Å². The average Bonchev–Trinajstić information content (AvgIpc) is 2.81. The molecule has 0 saturated carbocycles. The maximum absolute atomic E-state index is 12.7. The highest BCUT2D eigenvalue weighted by Gasteiger charge is 2.15. The molecule has 0 unspecified atom stereocenters. The molecule has 3 aromatic carbocycles. The minimum atomic E-state index is -0.492. The summed E-state index contributed by atoms with van der Waals surface area (Å²) in [5.41, 5.74) is 5.51. The fraction of sp³-hybridized carbons (Fsp3) is 0.214. The molecule has 1 amide bonds. The summed E-state index contributed by atoms with van der Waals surface area (Å²) in [6, 6.07) is 19.0. The number of hydrogen-bond acceptors (Lipinski definition) is 4. The van der Waals surface area contributed by atoms with Crippen LogP contribution in [0.15, 0.2) is 60.2 Å². The van der Waals surface area contributed by atoms with Crippen molar-refractivity contribution in [1.29, 1.82) is 5.26 Å². The lowest BCUT2D eigenvalue weighted by molar-refractivity contribution is -0.112. The fourth-order valence-electron chi connectivity index (χ4n) is 3.73. The van der Waals surface area contributed by atoms with Gasteiger partial charge in [-0.25, -0.2) is 0 Å². The number of para-hydroxylation sites is 1. The Morgan fingerprint density at radius 1 is 1.12 bits per heavy atom. The maximum Gasteiger partial charge on any atom is 0.266 e. The van der Waals surface area contributed by atoms with Crippen LogP contribution in [0, 0.1) is 25.2 Å². The lowest BCUT2D eigenvalue weighted by atomic mass is 10.1. The van der Waals surface area contributed by atoms with Gasteiger partial charge in [0.05, 0.1) is 12.1 Å². The number of aryl methyl sites for hydroxylation is 3. The third-order valence-electron chi connectivity index (χ3n) is 5.24. The molecular formula is C28H27ClN2O3. The first-order chi connectivity index (χ1) is 16.3. The minimum Gasteiger partial charge on any atom is -0.493 e. The Morgan fingerprint density at radius 3 is 2.47 bits per heavy atom. The van der Waals surface area contributed by atoms with Crippen molar-refractivity contribution in [2.75, 3.05) is 12.4 Å². The van der Waals surface area contributed by atoms with E-state index < -0.39 is 5.91 Å². The molecule has 0 bridgehead atoms. The van der Waals surface area contributed by atoms with E-state index in [0.29, 0.717) is 34.4 Å². The van der Waals surface area contributed by atoms with Crippen molar-refractivity contribution in [1.82, 2.24) is 0 Å². The van der Waals surface area contributed by atoms with Gasteiger partial charge < -0.3 is 14.8 Å². The second kappa shape index (κ2) is 11.4. The van der Waals surface area contributed by atoms with Crippen LogP contribution in [0.4, 0.5) is 5.69 Å². The van der Waals surface area contributed by atoms with Gasteiger partial charge in [0.25, 0.3) is 5.91 Å². The minimum absolute atomic E-state index is 0.0482. The van der Waals surface area contributed by atoms with Crippen LogP contribution in [0.2, 0.25) is 5.02 Å². The maximum atomic E-state index is 12.7. The monoisotopic (exact) mass is 474 g/mol. The third-order valence-corrected chi connectivity index (χ3v) is 5.52. The van der Waals surface area contributed by atoms with E-state index >= 15 is 0 Å². The third kappa shape index (κ3) is 6.18. The summed E-state index contributed by atoms with van der Waals surface area (Å²) in [6.07, 6.45) is 2.24. The molecule has 0 heterocycles. The van der Waals surface area contributed by atoms with Gasteiger partial charge in [-0.15, -0.1) is 0 Å². The second-order valence-corrected chi connectivity index (χ2v) is 8.36. The number of benzene rings is 3. The molecule has 0 fully saturated rings. The summed E-state index contributed by atoms with van der Waals surface area (Å²) in [4.78, 5) is 12.7. The summed E-state index contributed by atoms with van der Waals surface area (Å²) in [5.74, 6) is 0.325. The van der Waals surface area contributed by atoms with Crippen LogP contribution >= 0.6 is 11.6 Å². The van der Waals surface area contributed by atoms with Gasteiger partial charge in [-0.1, -0.05) is 66.0 Å². The van der Waals surface area contributed by atoms with Crippen molar-refractivity contribution >= 4 is 29.3 Å². The van der Waals surface area contributed by atoms with E-state index in [1.807, 2.05) is 51.1 Å². The molecule has 0 aliphatic carbocycles. The zero-order chi connectivity index (χ0) is 24.7. The number of nitrogens with zero attached hydrogens (tertiary/aromatic N) is 1. The van der Waals surface area contributed by atoms with Gasteiger partial charge in [0.2, 0.25) is 0 Å².